The third kappa shape index (κ3) is 1.79. The van der Waals surface area contributed by atoms with Gasteiger partial charge in [0.2, 0.25) is 0 Å². The first-order valence-electron chi connectivity index (χ1n) is 5.93. The van der Waals surface area contributed by atoms with Crippen molar-refractivity contribution in [3.8, 4) is 0 Å². The Balaban J connectivity index is 2.18. The SMILES string of the molecule is CNC(c1ccoc1)c1cccc2cccnc12. The Kier molecular flexibility index (Phi) is 2.82. The minimum Gasteiger partial charge on any atom is -0.472 e. The van der Waals surface area contributed by atoms with E-state index in [1.807, 2.05) is 25.4 Å². The van der Waals surface area contributed by atoms with Crippen molar-refractivity contribution >= 4 is 10.9 Å². The fourth-order valence-corrected chi connectivity index (χ4v) is 2.30. The maximum absolute atomic E-state index is 5.17. The predicted molar refractivity (Wildman–Crippen MR) is 71.4 cm³/mol. The van der Waals surface area contributed by atoms with Gasteiger partial charge in [-0.05, 0) is 24.7 Å². The Hall–Kier alpha value is -2.13. The van der Waals surface area contributed by atoms with Crippen molar-refractivity contribution in [2.24, 2.45) is 0 Å². The van der Waals surface area contributed by atoms with Gasteiger partial charge in [-0.2, -0.15) is 0 Å². The highest BCUT2D eigenvalue weighted by atomic mass is 16.3. The van der Waals surface area contributed by atoms with Gasteiger partial charge in [-0.3, -0.25) is 4.98 Å². The molecule has 0 saturated carbocycles. The summed E-state index contributed by atoms with van der Waals surface area (Å²) >= 11 is 0. The monoisotopic (exact) mass is 238 g/mol. The lowest BCUT2D eigenvalue weighted by Crippen LogP contribution is -2.17. The number of aromatic nitrogens is 1. The molecule has 3 rings (SSSR count). The van der Waals surface area contributed by atoms with Crippen LogP contribution in [0.15, 0.2) is 59.5 Å². The van der Waals surface area contributed by atoms with Crippen LogP contribution in [0.2, 0.25) is 0 Å². The van der Waals surface area contributed by atoms with E-state index in [2.05, 4.69) is 34.6 Å². The number of rotatable bonds is 3. The van der Waals surface area contributed by atoms with Crippen LogP contribution in [0.1, 0.15) is 17.2 Å². The molecule has 90 valence electrons. The van der Waals surface area contributed by atoms with Gasteiger partial charge in [-0.15, -0.1) is 0 Å². The van der Waals surface area contributed by atoms with Gasteiger partial charge in [-0.1, -0.05) is 24.3 Å². The Morgan fingerprint density at radius 1 is 1.17 bits per heavy atom. The van der Waals surface area contributed by atoms with Gasteiger partial charge >= 0.3 is 0 Å². The lowest BCUT2D eigenvalue weighted by atomic mass is 9.98. The van der Waals surface area contributed by atoms with Crippen molar-refractivity contribution < 1.29 is 4.42 Å². The second-order valence-corrected chi connectivity index (χ2v) is 4.20. The third-order valence-electron chi connectivity index (χ3n) is 3.14. The van der Waals surface area contributed by atoms with Crippen LogP contribution in [0.5, 0.6) is 0 Å². The van der Waals surface area contributed by atoms with Crippen molar-refractivity contribution in [2.45, 2.75) is 6.04 Å². The maximum Gasteiger partial charge on any atom is 0.0953 e. The summed E-state index contributed by atoms with van der Waals surface area (Å²) in [4.78, 5) is 4.49. The van der Waals surface area contributed by atoms with E-state index in [1.54, 1.807) is 12.5 Å². The smallest absolute Gasteiger partial charge is 0.0953 e. The number of hydrogen-bond donors (Lipinski definition) is 1. The van der Waals surface area contributed by atoms with Crippen LogP contribution in [-0.4, -0.2) is 12.0 Å². The summed E-state index contributed by atoms with van der Waals surface area (Å²) in [6.07, 6.45) is 5.29. The molecule has 1 atom stereocenters. The highest BCUT2D eigenvalue weighted by Gasteiger charge is 2.16. The molecule has 0 spiro atoms. The van der Waals surface area contributed by atoms with Crippen molar-refractivity contribution in [3.63, 3.8) is 0 Å². The highest BCUT2D eigenvalue weighted by Crippen LogP contribution is 2.27. The zero-order valence-electron chi connectivity index (χ0n) is 10.1. The molecule has 0 amide bonds. The van der Waals surface area contributed by atoms with Gasteiger partial charge < -0.3 is 9.73 Å². The molecule has 3 nitrogen and oxygen atoms in total. The Morgan fingerprint density at radius 2 is 2.06 bits per heavy atom. The fourth-order valence-electron chi connectivity index (χ4n) is 2.30. The molecule has 0 radical (unpaired) electrons. The number of hydrogen-bond acceptors (Lipinski definition) is 3. The van der Waals surface area contributed by atoms with Gasteiger partial charge in [0, 0.05) is 17.1 Å². The minimum absolute atomic E-state index is 0.0994. The van der Waals surface area contributed by atoms with Crippen LogP contribution in [0.4, 0.5) is 0 Å². The van der Waals surface area contributed by atoms with E-state index in [9.17, 15) is 0 Å². The summed E-state index contributed by atoms with van der Waals surface area (Å²) < 4.78 is 5.17. The molecule has 2 aromatic heterocycles. The summed E-state index contributed by atoms with van der Waals surface area (Å²) in [6.45, 7) is 0. The first-order valence-corrected chi connectivity index (χ1v) is 5.93. The number of fused-ring (bicyclic) bond motifs is 1. The molecule has 3 aromatic rings. The Morgan fingerprint density at radius 3 is 2.83 bits per heavy atom. The lowest BCUT2D eigenvalue weighted by Gasteiger charge is -2.16. The Bertz CT molecular complexity index is 641. The number of nitrogens with zero attached hydrogens (tertiary/aromatic N) is 1. The molecule has 0 aliphatic heterocycles. The maximum atomic E-state index is 5.17. The molecule has 0 fully saturated rings. The lowest BCUT2D eigenvalue weighted by molar-refractivity contribution is 0.557. The molecular weight excluding hydrogens is 224 g/mol. The highest BCUT2D eigenvalue weighted by molar-refractivity contribution is 5.82. The number of furan rings is 1. The molecule has 3 heteroatoms. The first kappa shape index (κ1) is 11.0. The van der Waals surface area contributed by atoms with Crippen LogP contribution in [0.25, 0.3) is 10.9 Å². The predicted octanol–water partition coefficient (Wildman–Crippen LogP) is 3.14. The molecule has 0 bridgehead atoms. The molecule has 0 aliphatic carbocycles. The van der Waals surface area contributed by atoms with E-state index in [-0.39, 0.29) is 6.04 Å². The molecule has 0 aliphatic rings. The van der Waals surface area contributed by atoms with E-state index in [4.69, 9.17) is 4.42 Å². The van der Waals surface area contributed by atoms with E-state index in [0.717, 1.165) is 22.0 Å². The minimum atomic E-state index is 0.0994. The normalized spacial score (nSPS) is 12.7. The second kappa shape index (κ2) is 4.63. The van der Waals surface area contributed by atoms with Crippen molar-refractivity contribution in [1.82, 2.24) is 10.3 Å². The average Bonchev–Trinajstić information content (AvgIpc) is 2.94. The van der Waals surface area contributed by atoms with E-state index in [1.165, 1.54) is 0 Å². The summed E-state index contributed by atoms with van der Waals surface area (Å²) in [7, 11) is 1.94. The molecule has 1 aromatic carbocycles. The van der Waals surface area contributed by atoms with Gasteiger partial charge in [0.1, 0.15) is 0 Å². The van der Waals surface area contributed by atoms with Gasteiger partial charge in [0.15, 0.2) is 0 Å². The first-order chi connectivity index (χ1) is 8.90. The molecule has 18 heavy (non-hydrogen) atoms. The van der Waals surface area contributed by atoms with Crippen molar-refractivity contribution in [2.75, 3.05) is 7.05 Å². The topological polar surface area (TPSA) is 38.1 Å². The number of benzene rings is 1. The van der Waals surface area contributed by atoms with Crippen molar-refractivity contribution in [3.05, 3.63) is 66.2 Å². The largest absolute Gasteiger partial charge is 0.472 e. The molecule has 1 unspecified atom stereocenters. The number of para-hydroxylation sites is 1. The number of nitrogens with one attached hydrogen (secondary N) is 1. The fraction of sp³-hybridized carbons (Fsp3) is 0.133. The third-order valence-corrected chi connectivity index (χ3v) is 3.14. The zero-order chi connectivity index (χ0) is 12.4. The summed E-state index contributed by atoms with van der Waals surface area (Å²) in [5.74, 6) is 0. The van der Waals surface area contributed by atoms with E-state index >= 15 is 0 Å². The summed E-state index contributed by atoms with van der Waals surface area (Å²) in [6, 6.07) is 12.3. The average molecular weight is 238 g/mol. The van der Waals surface area contributed by atoms with E-state index in [0.29, 0.717) is 0 Å². The van der Waals surface area contributed by atoms with Crippen molar-refractivity contribution in [1.29, 1.82) is 0 Å². The molecule has 0 saturated heterocycles. The van der Waals surface area contributed by atoms with Crippen LogP contribution >= 0.6 is 0 Å². The molecule has 1 N–H and O–H groups in total. The summed E-state index contributed by atoms with van der Waals surface area (Å²) in [5, 5.41) is 4.46. The van der Waals surface area contributed by atoms with Gasteiger partial charge in [-0.25, -0.2) is 0 Å². The summed E-state index contributed by atoms with van der Waals surface area (Å²) in [5.41, 5.74) is 3.30. The van der Waals surface area contributed by atoms with Crippen LogP contribution in [0.3, 0.4) is 0 Å². The molecular formula is C15H14N2O. The number of pyridine rings is 1. The standard InChI is InChI=1S/C15H14N2O/c1-16-14(12-7-9-18-10-12)13-6-2-4-11-5-3-8-17-15(11)13/h2-10,14,16H,1H3. The van der Waals surface area contributed by atoms with E-state index < -0.39 is 0 Å². The van der Waals surface area contributed by atoms with Crippen LogP contribution in [-0.2, 0) is 0 Å². The van der Waals surface area contributed by atoms with Gasteiger partial charge in [0.25, 0.3) is 0 Å². The van der Waals surface area contributed by atoms with Crippen LogP contribution in [0, 0.1) is 0 Å². The quantitative estimate of drug-likeness (QED) is 0.761. The molecule has 2 heterocycles. The second-order valence-electron chi connectivity index (χ2n) is 4.20. The zero-order valence-corrected chi connectivity index (χ0v) is 10.1. The Labute approximate surface area is 105 Å². The van der Waals surface area contributed by atoms with Crippen LogP contribution < -0.4 is 5.32 Å². The van der Waals surface area contributed by atoms with Gasteiger partial charge in [0.05, 0.1) is 24.1 Å².